The van der Waals surface area contributed by atoms with Crippen LogP contribution in [0.3, 0.4) is 0 Å². The molecular weight excluding hydrogens is 348 g/mol. The van der Waals surface area contributed by atoms with E-state index in [0.29, 0.717) is 23.4 Å². The molecule has 0 unspecified atom stereocenters. The molecule has 0 amide bonds. The van der Waals surface area contributed by atoms with E-state index in [4.69, 9.17) is 16.3 Å². The summed E-state index contributed by atoms with van der Waals surface area (Å²) in [5.41, 5.74) is 3.92. The van der Waals surface area contributed by atoms with Crippen molar-refractivity contribution in [2.75, 3.05) is 17.2 Å². The summed E-state index contributed by atoms with van der Waals surface area (Å²) in [6.07, 6.45) is 1.70. The molecule has 0 fully saturated rings. The Kier molecular flexibility index (Phi) is 5.58. The molecule has 0 saturated carbocycles. The summed E-state index contributed by atoms with van der Waals surface area (Å²) in [5.74, 6) is 2.00. The van der Waals surface area contributed by atoms with Crippen LogP contribution in [0.15, 0.2) is 48.7 Å². The van der Waals surface area contributed by atoms with Gasteiger partial charge in [0.15, 0.2) is 0 Å². The van der Waals surface area contributed by atoms with E-state index in [1.165, 1.54) is 0 Å². The van der Waals surface area contributed by atoms with Crippen LogP contribution in [0, 0.1) is 13.8 Å². The first-order valence-electron chi connectivity index (χ1n) is 8.42. The Bertz CT molecular complexity index is 874. The lowest BCUT2D eigenvalue weighted by molar-refractivity contribution is 0.340. The molecule has 0 atom stereocenters. The van der Waals surface area contributed by atoms with Gasteiger partial charge in [0.1, 0.15) is 11.6 Å². The Morgan fingerprint density at radius 3 is 2.50 bits per heavy atom. The third-order valence-corrected chi connectivity index (χ3v) is 4.06. The number of halogens is 1. The highest BCUT2D eigenvalue weighted by atomic mass is 35.5. The minimum atomic E-state index is 0.500. The van der Waals surface area contributed by atoms with Gasteiger partial charge >= 0.3 is 0 Å². The van der Waals surface area contributed by atoms with Gasteiger partial charge in [-0.2, -0.15) is 4.98 Å². The van der Waals surface area contributed by atoms with Crippen molar-refractivity contribution in [3.8, 4) is 5.75 Å². The van der Waals surface area contributed by atoms with Crippen molar-refractivity contribution in [3.05, 3.63) is 64.8 Å². The van der Waals surface area contributed by atoms with Gasteiger partial charge in [0.25, 0.3) is 0 Å². The molecule has 2 aromatic carbocycles. The number of hydrogen-bond donors (Lipinski definition) is 2. The fourth-order valence-electron chi connectivity index (χ4n) is 2.62. The average Bonchev–Trinajstić information content (AvgIpc) is 2.60. The molecule has 1 heterocycles. The van der Waals surface area contributed by atoms with Crippen LogP contribution in [0.25, 0.3) is 0 Å². The number of aromatic nitrogens is 2. The second-order valence-corrected chi connectivity index (χ2v) is 6.32. The summed E-state index contributed by atoms with van der Waals surface area (Å²) in [6, 6.07) is 13.5. The maximum Gasteiger partial charge on any atom is 0.229 e. The van der Waals surface area contributed by atoms with Crippen molar-refractivity contribution in [3.63, 3.8) is 0 Å². The van der Waals surface area contributed by atoms with Gasteiger partial charge in [-0.25, -0.2) is 4.98 Å². The number of benzene rings is 2. The predicted octanol–water partition coefficient (Wildman–Crippen LogP) is 5.63. The van der Waals surface area contributed by atoms with Crippen molar-refractivity contribution < 1.29 is 4.74 Å². The molecule has 1 aromatic heterocycles. The van der Waals surface area contributed by atoms with Crippen LogP contribution < -0.4 is 15.4 Å². The maximum atomic E-state index is 6.36. The Balaban J connectivity index is 1.76. The molecule has 0 radical (unpaired) electrons. The zero-order chi connectivity index (χ0) is 18.5. The molecule has 0 bridgehead atoms. The number of aryl methyl sites for hydroxylation is 2. The molecule has 134 valence electrons. The van der Waals surface area contributed by atoms with Crippen molar-refractivity contribution in [2.24, 2.45) is 0 Å². The highest BCUT2D eigenvalue weighted by molar-refractivity contribution is 6.33. The molecule has 3 aromatic rings. The van der Waals surface area contributed by atoms with Crippen molar-refractivity contribution >= 4 is 34.7 Å². The molecule has 0 aliphatic heterocycles. The third kappa shape index (κ3) is 4.43. The summed E-state index contributed by atoms with van der Waals surface area (Å²) < 4.78 is 5.45. The number of ether oxygens (including phenoxy) is 1. The van der Waals surface area contributed by atoms with Crippen LogP contribution in [-0.2, 0) is 0 Å². The summed E-state index contributed by atoms with van der Waals surface area (Å²) in [6.45, 7) is 6.64. The zero-order valence-corrected chi connectivity index (χ0v) is 15.8. The molecule has 3 rings (SSSR count). The van der Waals surface area contributed by atoms with Gasteiger partial charge in [-0.1, -0.05) is 17.7 Å². The molecule has 0 aliphatic rings. The van der Waals surface area contributed by atoms with Crippen molar-refractivity contribution in [2.45, 2.75) is 20.8 Å². The summed E-state index contributed by atoms with van der Waals surface area (Å²) >= 11 is 6.36. The highest BCUT2D eigenvalue weighted by Crippen LogP contribution is 2.30. The lowest BCUT2D eigenvalue weighted by Gasteiger charge is -2.13. The molecule has 5 nitrogen and oxygen atoms in total. The third-order valence-electron chi connectivity index (χ3n) is 3.76. The van der Waals surface area contributed by atoms with Gasteiger partial charge in [-0.05, 0) is 68.3 Å². The molecule has 0 spiro atoms. The van der Waals surface area contributed by atoms with Crippen LogP contribution in [-0.4, -0.2) is 16.6 Å². The largest absolute Gasteiger partial charge is 0.494 e. The van der Waals surface area contributed by atoms with Crippen LogP contribution in [0.5, 0.6) is 5.75 Å². The van der Waals surface area contributed by atoms with E-state index < -0.39 is 0 Å². The second kappa shape index (κ2) is 8.06. The Labute approximate surface area is 158 Å². The van der Waals surface area contributed by atoms with Crippen molar-refractivity contribution in [1.29, 1.82) is 0 Å². The summed E-state index contributed by atoms with van der Waals surface area (Å²) in [4.78, 5) is 8.77. The smallest absolute Gasteiger partial charge is 0.229 e. The molecule has 0 aliphatic carbocycles. The van der Waals surface area contributed by atoms with E-state index >= 15 is 0 Å². The minimum Gasteiger partial charge on any atom is -0.494 e. The quantitative estimate of drug-likeness (QED) is 0.590. The average molecular weight is 369 g/mol. The first-order valence-corrected chi connectivity index (χ1v) is 8.79. The standard InChI is InChI=1S/C20H21ClN4O/c1-4-26-16-7-5-15(6-8-16)23-20-22-10-9-18(25-20)24-19-14(3)11-13(2)12-17(19)21/h5-12H,4H2,1-3H3,(H2,22,23,24,25). The number of nitrogens with zero attached hydrogens (tertiary/aromatic N) is 2. The first-order chi connectivity index (χ1) is 12.5. The fourth-order valence-corrected chi connectivity index (χ4v) is 2.99. The molecule has 2 N–H and O–H groups in total. The second-order valence-electron chi connectivity index (χ2n) is 5.91. The normalized spacial score (nSPS) is 10.5. The van der Waals surface area contributed by atoms with Crippen LogP contribution >= 0.6 is 11.6 Å². The topological polar surface area (TPSA) is 59.1 Å². The number of anilines is 4. The monoisotopic (exact) mass is 368 g/mol. The van der Waals surface area contributed by atoms with Gasteiger partial charge in [0.2, 0.25) is 5.95 Å². The Morgan fingerprint density at radius 2 is 1.81 bits per heavy atom. The van der Waals surface area contributed by atoms with Crippen LogP contribution in [0.2, 0.25) is 5.02 Å². The lowest BCUT2D eigenvalue weighted by Crippen LogP contribution is -2.02. The summed E-state index contributed by atoms with van der Waals surface area (Å²) in [5, 5.41) is 7.13. The van der Waals surface area contributed by atoms with E-state index in [0.717, 1.165) is 28.3 Å². The van der Waals surface area contributed by atoms with Gasteiger partial charge < -0.3 is 15.4 Å². The zero-order valence-electron chi connectivity index (χ0n) is 15.0. The summed E-state index contributed by atoms with van der Waals surface area (Å²) in [7, 11) is 0. The number of nitrogens with one attached hydrogen (secondary N) is 2. The SMILES string of the molecule is CCOc1ccc(Nc2nccc(Nc3c(C)cc(C)cc3Cl)n2)cc1. The molecule has 26 heavy (non-hydrogen) atoms. The van der Waals surface area contributed by atoms with Crippen LogP contribution in [0.1, 0.15) is 18.1 Å². The van der Waals surface area contributed by atoms with Crippen molar-refractivity contribution in [1.82, 2.24) is 9.97 Å². The van der Waals surface area contributed by atoms with E-state index in [2.05, 4.69) is 26.7 Å². The van der Waals surface area contributed by atoms with Crippen LogP contribution in [0.4, 0.5) is 23.1 Å². The van der Waals surface area contributed by atoms with E-state index in [1.807, 2.05) is 51.1 Å². The van der Waals surface area contributed by atoms with Gasteiger partial charge in [0.05, 0.1) is 17.3 Å². The maximum absolute atomic E-state index is 6.36. The van der Waals surface area contributed by atoms with Gasteiger partial charge in [-0.3, -0.25) is 0 Å². The lowest BCUT2D eigenvalue weighted by atomic mass is 10.1. The van der Waals surface area contributed by atoms with E-state index in [9.17, 15) is 0 Å². The minimum absolute atomic E-state index is 0.500. The van der Waals surface area contributed by atoms with E-state index in [-0.39, 0.29) is 0 Å². The number of rotatable bonds is 6. The molecule has 6 heteroatoms. The molecule has 0 saturated heterocycles. The fraction of sp³-hybridized carbons (Fsp3) is 0.200. The van der Waals surface area contributed by atoms with Gasteiger partial charge in [-0.15, -0.1) is 0 Å². The molecular formula is C20H21ClN4O. The highest BCUT2D eigenvalue weighted by Gasteiger charge is 2.07. The van der Waals surface area contributed by atoms with E-state index in [1.54, 1.807) is 12.3 Å². The Hall–Kier alpha value is -2.79. The first kappa shape index (κ1) is 18.0. The Morgan fingerprint density at radius 1 is 1.04 bits per heavy atom. The van der Waals surface area contributed by atoms with Gasteiger partial charge in [0, 0.05) is 11.9 Å². The number of hydrogen-bond acceptors (Lipinski definition) is 5. The predicted molar refractivity (Wildman–Crippen MR) is 107 cm³/mol.